The van der Waals surface area contributed by atoms with Crippen LogP contribution in [0.4, 0.5) is 0 Å². The molecule has 0 unspecified atom stereocenters. The lowest BCUT2D eigenvalue weighted by atomic mass is 9.92. The Kier molecular flexibility index (Phi) is 5.90. The van der Waals surface area contributed by atoms with Gasteiger partial charge in [0.2, 0.25) is 5.91 Å². The summed E-state index contributed by atoms with van der Waals surface area (Å²) in [5.74, 6) is 0.859. The van der Waals surface area contributed by atoms with Crippen LogP contribution in [0.5, 0.6) is 5.75 Å². The molecule has 0 spiro atoms. The van der Waals surface area contributed by atoms with Gasteiger partial charge in [0.1, 0.15) is 11.6 Å². The Labute approximate surface area is 199 Å². The van der Waals surface area contributed by atoms with Crippen molar-refractivity contribution in [3.63, 3.8) is 0 Å². The van der Waals surface area contributed by atoms with E-state index in [0.717, 1.165) is 33.9 Å². The summed E-state index contributed by atoms with van der Waals surface area (Å²) in [6.45, 7) is 2.50. The first-order valence-corrected chi connectivity index (χ1v) is 11.5. The predicted molar refractivity (Wildman–Crippen MR) is 132 cm³/mol. The van der Waals surface area contributed by atoms with E-state index in [-0.39, 0.29) is 17.7 Å². The normalized spacial score (nSPS) is 16.2. The van der Waals surface area contributed by atoms with E-state index in [0.29, 0.717) is 19.4 Å². The molecule has 6 nitrogen and oxygen atoms in total. The van der Waals surface area contributed by atoms with Crippen LogP contribution >= 0.6 is 0 Å². The molecule has 4 aromatic rings. The van der Waals surface area contributed by atoms with Gasteiger partial charge in [-0.2, -0.15) is 0 Å². The monoisotopic (exact) mass is 452 g/mol. The van der Waals surface area contributed by atoms with E-state index in [1.54, 1.807) is 24.3 Å². The smallest absolute Gasteiger partial charge is 0.240 e. The van der Waals surface area contributed by atoms with Gasteiger partial charge >= 0.3 is 0 Å². The van der Waals surface area contributed by atoms with Crippen LogP contribution in [0.1, 0.15) is 34.3 Å². The molecule has 0 fully saturated rings. The van der Waals surface area contributed by atoms with Gasteiger partial charge in [-0.3, -0.25) is 4.79 Å². The van der Waals surface area contributed by atoms with Crippen molar-refractivity contribution in [3.8, 4) is 17.0 Å². The first-order chi connectivity index (χ1) is 16.5. The van der Waals surface area contributed by atoms with E-state index in [1.807, 2.05) is 54.3 Å². The van der Waals surface area contributed by atoms with E-state index >= 15 is 0 Å². The molecule has 34 heavy (non-hydrogen) atoms. The van der Waals surface area contributed by atoms with Gasteiger partial charge in [-0.05, 0) is 42.2 Å². The number of carbonyl (C=O) groups is 1. The number of aryl methyl sites for hydroxylation is 1. The summed E-state index contributed by atoms with van der Waals surface area (Å²) in [5.41, 5.74) is 12.6. The lowest BCUT2D eigenvalue weighted by molar-refractivity contribution is -0.136. The van der Waals surface area contributed by atoms with Gasteiger partial charge in [-0.15, -0.1) is 0 Å². The Morgan fingerprint density at radius 3 is 2.47 bits per heavy atom. The number of aromatic amines is 1. The second kappa shape index (κ2) is 9.15. The van der Waals surface area contributed by atoms with E-state index in [4.69, 9.17) is 10.7 Å². The van der Waals surface area contributed by atoms with Crippen molar-refractivity contribution in [2.75, 3.05) is 0 Å². The molecule has 0 saturated carbocycles. The standard InChI is InChI=1S/C28H28N4O2/c1-18-26(20-7-3-2-4-8-20)31-27(30-18)25-16-21-9-5-6-10-22(21)17-32(25)28(34)24(29)15-19-11-13-23(33)14-12-19/h2-14,24-25,33H,15-17,29H2,1H3,(H,30,31)/t24-,25+/m0/s1. The maximum absolute atomic E-state index is 13.6. The average Bonchev–Trinajstić information content (AvgIpc) is 3.26. The van der Waals surface area contributed by atoms with Gasteiger partial charge in [0.15, 0.2) is 0 Å². The number of phenolic OH excluding ortho intramolecular Hbond substituents is 1. The molecule has 2 atom stereocenters. The Balaban J connectivity index is 1.47. The van der Waals surface area contributed by atoms with Gasteiger partial charge < -0.3 is 20.7 Å². The van der Waals surface area contributed by atoms with Crippen LogP contribution in [0.25, 0.3) is 11.3 Å². The highest BCUT2D eigenvalue weighted by molar-refractivity contribution is 5.82. The highest BCUT2D eigenvalue weighted by Gasteiger charge is 2.35. The fourth-order valence-electron chi connectivity index (χ4n) is 4.70. The Morgan fingerprint density at radius 2 is 1.74 bits per heavy atom. The van der Waals surface area contributed by atoms with E-state index in [2.05, 4.69) is 17.1 Å². The lowest BCUT2D eigenvalue weighted by Crippen LogP contribution is -2.48. The van der Waals surface area contributed by atoms with Gasteiger partial charge in [0, 0.05) is 24.2 Å². The number of phenols is 1. The number of amides is 1. The predicted octanol–water partition coefficient (Wildman–Crippen LogP) is 4.29. The molecule has 0 saturated heterocycles. The van der Waals surface area contributed by atoms with Gasteiger partial charge in [-0.25, -0.2) is 4.98 Å². The zero-order valence-corrected chi connectivity index (χ0v) is 19.1. The molecule has 1 aliphatic heterocycles. The molecule has 6 heteroatoms. The minimum atomic E-state index is -0.693. The van der Waals surface area contributed by atoms with Gasteiger partial charge in [-0.1, -0.05) is 66.7 Å². The third-order valence-corrected chi connectivity index (χ3v) is 6.51. The second-order valence-electron chi connectivity index (χ2n) is 8.89. The maximum atomic E-state index is 13.6. The van der Waals surface area contributed by atoms with Gasteiger partial charge in [0.25, 0.3) is 0 Å². The molecule has 2 heterocycles. The summed E-state index contributed by atoms with van der Waals surface area (Å²) in [6.07, 6.45) is 1.07. The van der Waals surface area contributed by atoms with E-state index in [9.17, 15) is 9.90 Å². The zero-order valence-electron chi connectivity index (χ0n) is 19.1. The number of imidazole rings is 1. The summed E-state index contributed by atoms with van der Waals surface area (Å²) < 4.78 is 0. The molecule has 1 aromatic heterocycles. The molecule has 4 N–H and O–H groups in total. The summed E-state index contributed by atoms with van der Waals surface area (Å²) in [7, 11) is 0. The number of fused-ring (bicyclic) bond motifs is 1. The summed E-state index contributed by atoms with van der Waals surface area (Å²) in [5, 5.41) is 9.55. The van der Waals surface area contributed by atoms with E-state index in [1.165, 1.54) is 5.56 Å². The molecule has 3 aromatic carbocycles. The summed E-state index contributed by atoms with van der Waals surface area (Å²) >= 11 is 0. The van der Waals surface area contributed by atoms with Gasteiger partial charge in [0.05, 0.1) is 17.8 Å². The zero-order chi connectivity index (χ0) is 23.7. The number of rotatable bonds is 5. The molecule has 1 amide bonds. The molecular formula is C28H28N4O2. The van der Waals surface area contributed by atoms with Crippen LogP contribution < -0.4 is 5.73 Å². The van der Waals surface area contributed by atoms with Crippen LogP contribution in [-0.4, -0.2) is 31.9 Å². The molecular weight excluding hydrogens is 424 g/mol. The van der Waals surface area contributed by atoms with Crippen LogP contribution in [0, 0.1) is 6.92 Å². The number of hydrogen-bond acceptors (Lipinski definition) is 4. The topological polar surface area (TPSA) is 95.2 Å². The number of benzene rings is 3. The van der Waals surface area contributed by atoms with Crippen molar-refractivity contribution in [3.05, 3.63) is 107 Å². The Bertz CT molecular complexity index is 1300. The van der Waals surface area contributed by atoms with Crippen molar-refractivity contribution in [2.45, 2.75) is 38.4 Å². The van der Waals surface area contributed by atoms with Crippen molar-refractivity contribution >= 4 is 5.91 Å². The number of nitrogens with zero attached hydrogens (tertiary/aromatic N) is 2. The minimum Gasteiger partial charge on any atom is -0.508 e. The molecule has 5 rings (SSSR count). The number of nitrogens with one attached hydrogen (secondary N) is 1. The fraction of sp³-hybridized carbons (Fsp3) is 0.214. The van der Waals surface area contributed by atoms with Crippen molar-refractivity contribution in [2.24, 2.45) is 5.73 Å². The SMILES string of the molecule is Cc1[nH]c([C@H]2Cc3ccccc3CN2C(=O)[C@@H](N)Cc2ccc(O)cc2)nc1-c1ccccc1. The number of nitrogens with two attached hydrogens (primary N) is 1. The second-order valence-corrected chi connectivity index (χ2v) is 8.89. The third-order valence-electron chi connectivity index (χ3n) is 6.51. The van der Waals surface area contributed by atoms with Crippen LogP contribution in [-0.2, 0) is 24.2 Å². The van der Waals surface area contributed by atoms with Crippen LogP contribution in [0.2, 0.25) is 0 Å². The lowest BCUT2D eigenvalue weighted by Gasteiger charge is -2.37. The third kappa shape index (κ3) is 4.32. The van der Waals surface area contributed by atoms with Crippen molar-refractivity contribution < 1.29 is 9.90 Å². The van der Waals surface area contributed by atoms with Crippen molar-refractivity contribution in [1.29, 1.82) is 0 Å². The molecule has 0 bridgehead atoms. The largest absolute Gasteiger partial charge is 0.508 e. The molecule has 0 radical (unpaired) electrons. The minimum absolute atomic E-state index is 0.108. The summed E-state index contributed by atoms with van der Waals surface area (Å²) in [6, 6.07) is 24.2. The first kappa shape index (κ1) is 21.9. The highest BCUT2D eigenvalue weighted by Crippen LogP contribution is 2.34. The maximum Gasteiger partial charge on any atom is 0.240 e. The molecule has 0 aliphatic carbocycles. The first-order valence-electron chi connectivity index (χ1n) is 11.5. The number of aromatic nitrogens is 2. The van der Waals surface area contributed by atoms with Crippen LogP contribution in [0.15, 0.2) is 78.9 Å². The molecule has 172 valence electrons. The highest BCUT2D eigenvalue weighted by atomic mass is 16.3. The quantitative estimate of drug-likeness (QED) is 0.421. The van der Waals surface area contributed by atoms with E-state index < -0.39 is 6.04 Å². The number of H-pyrrole nitrogens is 1. The molecule has 1 aliphatic rings. The number of aromatic hydroxyl groups is 1. The fourth-order valence-corrected chi connectivity index (χ4v) is 4.70. The van der Waals surface area contributed by atoms with Crippen molar-refractivity contribution in [1.82, 2.24) is 14.9 Å². The summed E-state index contributed by atoms with van der Waals surface area (Å²) in [4.78, 5) is 23.9. The number of hydrogen-bond donors (Lipinski definition) is 3. The Hall–Kier alpha value is -3.90. The average molecular weight is 453 g/mol. The Morgan fingerprint density at radius 1 is 1.06 bits per heavy atom. The van der Waals surface area contributed by atoms with Crippen LogP contribution in [0.3, 0.4) is 0 Å². The number of carbonyl (C=O) groups excluding carboxylic acids is 1.